The molecule has 0 atom stereocenters. The average Bonchev–Trinajstić information content (AvgIpc) is 2.39. The van der Waals surface area contributed by atoms with Crippen molar-refractivity contribution >= 4 is 16.6 Å². The third-order valence-corrected chi connectivity index (χ3v) is 3.48. The molecule has 1 saturated heterocycles. The summed E-state index contributed by atoms with van der Waals surface area (Å²) >= 11 is 0. The van der Waals surface area contributed by atoms with Gasteiger partial charge in [-0.2, -0.15) is 0 Å². The van der Waals surface area contributed by atoms with Crippen LogP contribution in [0.25, 0.3) is 10.9 Å². The molecule has 0 spiro atoms. The van der Waals surface area contributed by atoms with E-state index in [4.69, 9.17) is 10.5 Å². The number of ether oxygens (including phenoxy) is 1. The summed E-state index contributed by atoms with van der Waals surface area (Å²) in [6.07, 6.45) is 3.89. The van der Waals surface area contributed by atoms with E-state index in [2.05, 4.69) is 11.1 Å². The highest BCUT2D eigenvalue weighted by Crippen LogP contribution is 2.35. The maximum atomic E-state index is 6.11. The van der Waals surface area contributed by atoms with Gasteiger partial charge in [-0.1, -0.05) is 18.2 Å². The van der Waals surface area contributed by atoms with Crippen molar-refractivity contribution in [1.82, 2.24) is 4.98 Å². The van der Waals surface area contributed by atoms with Crippen LogP contribution in [0.2, 0.25) is 0 Å². The quantitative estimate of drug-likeness (QED) is 0.816. The van der Waals surface area contributed by atoms with Gasteiger partial charge in [-0.25, -0.2) is 0 Å². The topological polar surface area (TPSA) is 48.1 Å². The third-order valence-electron chi connectivity index (χ3n) is 3.48. The maximum absolute atomic E-state index is 6.11. The number of hydrogen-bond acceptors (Lipinski definition) is 3. The SMILES string of the molecule is Nc1cnc2ccccc2c1C1CCOCC1. The second-order valence-electron chi connectivity index (χ2n) is 4.53. The van der Waals surface area contributed by atoms with Gasteiger partial charge in [0, 0.05) is 18.6 Å². The number of nitrogens with zero attached hydrogens (tertiary/aromatic N) is 1. The van der Waals surface area contributed by atoms with E-state index < -0.39 is 0 Å². The minimum atomic E-state index is 0.511. The average molecular weight is 228 g/mol. The van der Waals surface area contributed by atoms with Gasteiger partial charge in [-0.15, -0.1) is 0 Å². The molecule has 3 rings (SSSR count). The Morgan fingerprint density at radius 1 is 1.18 bits per heavy atom. The fourth-order valence-electron chi connectivity index (χ4n) is 2.62. The summed E-state index contributed by atoms with van der Waals surface area (Å²) in [5.41, 5.74) is 9.22. The number of pyridine rings is 1. The number of nitrogen functional groups attached to an aromatic ring is 1. The molecule has 0 bridgehead atoms. The molecule has 1 aromatic carbocycles. The molecule has 0 unspecified atom stereocenters. The van der Waals surface area contributed by atoms with Gasteiger partial charge in [0.15, 0.2) is 0 Å². The number of benzene rings is 1. The van der Waals surface area contributed by atoms with E-state index in [9.17, 15) is 0 Å². The first-order valence-corrected chi connectivity index (χ1v) is 6.07. The van der Waals surface area contributed by atoms with Crippen LogP contribution in [0.15, 0.2) is 30.5 Å². The van der Waals surface area contributed by atoms with Gasteiger partial charge in [-0.3, -0.25) is 4.98 Å². The van der Waals surface area contributed by atoms with Crippen LogP contribution in [-0.2, 0) is 4.74 Å². The van der Waals surface area contributed by atoms with Crippen LogP contribution < -0.4 is 5.73 Å². The zero-order valence-corrected chi connectivity index (χ0v) is 9.73. The van der Waals surface area contributed by atoms with Gasteiger partial charge in [0.2, 0.25) is 0 Å². The molecule has 3 heteroatoms. The maximum Gasteiger partial charge on any atom is 0.0706 e. The highest BCUT2D eigenvalue weighted by Gasteiger charge is 2.20. The molecule has 0 amide bonds. The Kier molecular flexibility index (Phi) is 2.69. The van der Waals surface area contributed by atoms with Crippen LogP contribution in [0.4, 0.5) is 5.69 Å². The minimum Gasteiger partial charge on any atom is -0.397 e. The number of hydrogen-bond donors (Lipinski definition) is 1. The number of fused-ring (bicyclic) bond motifs is 1. The summed E-state index contributed by atoms with van der Waals surface area (Å²) in [6, 6.07) is 8.21. The molecule has 88 valence electrons. The van der Waals surface area contributed by atoms with Crippen molar-refractivity contribution in [2.45, 2.75) is 18.8 Å². The van der Waals surface area contributed by atoms with Gasteiger partial charge < -0.3 is 10.5 Å². The van der Waals surface area contributed by atoms with Gasteiger partial charge in [0.25, 0.3) is 0 Å². The summed E-state index contributed by atoms with van der Waals surface area (Å²) in [4.78, 5) is 4.38. The lowest BCUT2D eigenvalue weighted by Gasteiger charge is -2.24. The van der Waals surface area contributed by atoms with E-state index in [1.54, 1.807) is 6.20 Å². The Morgan fingerprint density at radius 2 is 1.94 bits per heavy atom. The van der Waals surface area contributed by atoms with Crippen LogP contribution in [0.5, 0.6) is 0 Å². The minimum absolute atomic E-state index is 0.511. The number of aromatic nitrogens is 1. The standard InChI is InChI=1S/C14H16N2O/c15-12-9-16-13-4-2-1-3-11(13)14(12)10-5-7-17-8-6-10/h1-4,9-10H,5-8,15H2. The van der Waals surface area contributed by atoms with Crippen molar-refractivity contribution < 1.29 is 4.74 Å². The van der Waals surface area contributed by atoms with Crippen LogP contribution >= 0.6 is 0 Å². The highest BCUT2D eigenvalue weighted by atomic mass is 16.5. The zero-order chi connectivity index (χ0) is 11.7. The van der Waals surface area contributed by atoms with Crippen molar-refractivity contribution in [3.63, 3.8) is 0 Å². The molecular weight excluding hydrogens is 212 g/mol. The molecule has 2 heterocycles. The molecule has 1 aromatic heterocycles. The summed E-state index contributed by atoms with van der Waals surface area (Å²) in [6.45, 7) is 1.67. The molecule has 0 saturated carbocycles. The first-order chi connectivity index (χ1) is 8.36. The molecule has 2 N–H and O–H groups in total. The molecule has 1 aliphatic heterocycles. The van der Waals surface area contributed by atoms with Crippen LogP contribution in [-0.4, -0.2) is 18.2 Å². The fourth-order valence-corrected chi connectivity index (χ4v) is 2.62. The number of nitrogens with two attached hydrogens (primary N) is 1. The monoisotopic (exact) mass is 228 g/mol. The van der Waals surface area contributed by atoms with Crippen molar-refractivity contribution in [1.29, 1.82) is 0 Å². The predicted molar refractivity (Wildman–Crippen MR) is 68.9 cm³/mol. The molecule has 1 fully saturated rings. The first-order valence-electron chi connectivity index (χ1n) is 6.07. The molecule has 1 aliphatic rings. The molecule has 17 heavy (non-hydrogen) atoms. The smallest absolute Gasteiger partial charge is 0.0706 e. The lowest BCUT2D eigenvalue weighted by molar-refractivity contribution is 0.0857. The van der Waals surface area contributed by atoms with Crippen LogP contribution in [0, 0.1) is 0 Å². The zero-order valence-electron chi connectivity index (χ0n) is 9.73. The van der Waals surface area contributed by atoms with Gasteiger partial charge in [0.05, 0.1) is 17.4 Å². The van der Waals surface area contributed by atoms with Crippen molar-refractivity contribution in [3.05, 3.63) is 36.0 Å². The van der Waals surface area contributed by atoms with Gasteiger partial charge in [-0.05, 0) is 30.4 Å². The Hall–Kier alpha value is -1.61. The third kappa shape index (κ3) is 1.87. The lowest BCUT2D eigenvalue weighted by atomic mass is 9.88. The van der Waals surface area contributed by atoms with Crippen LogP contribution in [0.1, 0.15) is 24.3 Å². The van der Waals surface area contributed by atoms with Gasteiger partial charge in [0.1, 0.15) is 0 Å². The van der Waals surface area contributed by atoms with E-state index in [0.29, 0.717) is 5.92 Å². The highest BCUT2D eigenvalue weighted by molar-refractivity contribution is 5.86. The van der Waals surface area contributed by atoms with E-state index in [1.165, 1.54) is 10.9 Å². The first kappa shape index (κ1) is 10.5. The second kappa shape index (κ2) is 4.34. The predicted octanol–water partition coefficient (Wildman–Crippen LogP) is 2.71. The van der Waals surface area contributed by atoms with Crippen molar-refractivity contribution in [2.75, 3.05) is 18.9 Å². The fraction of sp³-hybridized carbons (Fsp3) is 0.357. The Bertz CT molecular complexity index is 533. The van der Waals surface area contributed by atoms with E-state index in [0.717, 1.165) is 37.3 Å². The van der Waals surface area contributed by atoms with Crippen LogP contribution in [0.3, 0.4) is 0 Å². The number of rotatable bonds is 1. The molecule has 0 aliphatic carbocycles. The molecule has 2 aromatic rings. The summed E-state index contributed by atoms with van der Waals surface area (Å²) in [5, 5.41) is 1.19. The van der Waals surface area contributed by atoms with Gasteiger partial charge >= 0.3 is 0 Å². The molecular formula is C14H16N2O. The van der Waals surface area contributed by atoms with Crippen molar-refractivity contribution in [3.8, 4) is 0 Å². The number of para-hydroxylation sites is 1. The summed E-state index contributed by atoms with van der Waals surface area (Å²) in [5.74, 6) is 0.511. The Morgan fingerprint density at radius 3 is 2.76 bits per heavy atom. The number of anilines is 1. The van der Waals surface area contributed by atoms with E-state index in [1.807, 2.05) is 18.2 Å². The van der Waals surface area contributed by atoms with E-state index >= 15 is 0 Å². The lowest BCUT2D eigenvalue weighted by Crippen LogP contribution is -2.15. The largest absolute Gasteiger partial charge is 0.397 e. The second-order valence-corrected chi connectivity index (χ2v) is 4.53. The van der Waals surface area contributed by atoms with E-state index in [-0.39, 0.29) is 0 Å². The summed E-state index contributed by atoms with van der Waals surface area (Å²) in [7, 11) is 0. The normalized spacial score (nSPS) is 17.4. The Balaban J connectivity index is 2.15. The molecule has 0 radical (unpaired) electrons. The summed E-state index contributed by atoms with van der Waals surface area (Å²) < 4.78 is 5.42. The van der Waals surface area contributed by atoms with Crippen molar-refractivity contribution in [2.24, 2.45) is 0 Å². The Labute approximate surface area is 101 Å². The molecule has 3 nitrogen and oxygen atoms in total.